The summed E-state index contributed by atoms with van der Waals surface area (Å²) in [6.07, 6.45) is 0. The van der Waals surface area contributed by atoms with Crippen molar-refractivity contribution in [2.45, 2.75) is 45.4 Å². The van der Waals surface area contributed by atoms with Gasteiger partial charge in [0.25, 0.3) is 0 Å². The number of methoxy groups -OCH3 is 1. The second-order valence-electron chi connectivity index (χ2n) is 7.09. The molecule has 0 saturated heterocycles. The Kier molecular flexibility index (Phi) is 6.92. The van der Waals surface area contributed by atoms with Crippen molar-refractivity contribution in [2.24, 2.45) is 0 Å². The lowest BCUT2D eigenvalue weighted by Gasteiger charge is -2.17. The van der Waals surface area contributed by atoms with Gasteiger partial charge in [0.2, 0.25) is 0 Å². The molecule has 0 aliphatic rings. The summed E-state index contributed by atoms with van der Waals surface area (Å²) in [6.45, 7) is 9.55. The molecule has 0 spiro atoms. The molecular weight excluding hydrogens is 384 g/mol. The van der Waals surface area contributed by atoms with Gasteiger partial charge >= 0.3 is 0 Å². The van der Waals surface area contributed by atoms with Gasteiger partial charge < -0.3 is 13.9 Å². The molecular formula is C22H28N4O2S. The maximum Gasteiger partial charge on any atom is 0.191 e. The fourth-order valence-electron chi connectivity index (χ4n) is 3.74. The number of Topliss-reactive ketones (excluding diaryl/α,β-unsaturated/α-hetero) is 1. The topological polar surface area (TPSA) is 61.9 Å². The van der Waals surface area contributed by atoms with Crippen molar-refractivity contribution < 1.29 is 9.53 Å². The van der Waals surface area contributed by atoms with Gasteiger partial charge in [-0.25, -0.2) is 0 Å². The number of hydrogen-bond acceptors (Lipinski definition) is 5. The van der Waals surface area contributed by atoms with Crippen LogP contribution in [0.25, 0.3) is 11.4 Å². The smallest absolute Gasteiger partial charge is 0.191 e. The highest BCUT2D eigenvalue weighted by Gasteiger charge is 2.20. The summed E-state index contributed by atoms with van der Waals surface area (Å²) < 4.78 is 9.50. The maximum atomic E-state index is 12.9. The highest BCUT2D eigenvalue weighted by Crippen LogP contribution is 2.26. The summed E-state index contributed by atoms with van der Waals surface area (Å²) in [5, 5.41) is 9.44. The van der Waals surface area contributed by atoms with Crippen LogP contribution < -0.4 is 0 Å². The molecule has 6 nitrogen and oxygen atoms in total. The Morgan fingerprint density at radius 1 is 1.21 bits per heavy atom. The van der Waals surface area contributed by atoms with E-state index < -0.39 is 0 Å². The minimum Gasteiger partial charge on any atom is -0.383 e. The Hall–Kier alpha value is -2.38. The van der Waals surface area contributed by atoms with E-state index in [4.69, 9.17) is 4.74 Å². The lowest BCUT2D eigenvalue weighted by atomic mass is 10.2. The predicted molar refractivity (Wildman–Crippen MR) is 117 cm³/mol. The van der Waals surface area contributed by atoms with Crippen molar-refractivity contribution in [3.63, 3.8) is 0 Å². The molecule has 2 aromatic heterocycles. The van der Waals surface area contributed by atoms with Crippen LogP contribution in [0.3, 0.4) is 0 Å². The lowest BCUT2D eigenvalue weighted by molar-refractivity contribution is 0.102. The van der Waals surface area contributed by atoms with Gasteiger partial charge in [-0.1, -0.05) is 42.1 Å². The molecule has 29 heavy (non-hydrogen) atoms. The van der Waals surface area contributed by atoms with Gasteiger partial charge in [0, 0.05) is 36.2 Å². The van der Waals surface area contributed by atoms with Gasteiger partial charge in [0.05, 0.1) is 18.4 Å². The molecule has 0 amide bonds. The summed E-state index contributed by atoms with van der Waals surface area (Å²) in [4.78, 5) is 12.9. The number of carbonyl (C=O) groups excluding carboxylic acids is 1. The zero-order valence-electron chi connectivity index (χ0n) is 17.7. The van der Waals surface area contributed by atoms with Crippen molar-refractivity contribution in [2.75, 3.05) is 19.5 Å². The molecule has 2 heterocycles. The molecule has 1 aromatic carbocycles. The van der Waals surface area contributed by atoms with Crippen molar-refractivity contribution >= 4 is 17.5 Å². The van der Waals surface area contributed by atoms with E-state index in [2.05, 4.69) is 33.2 Å². The molecule has 0 fully saturated rings. The Bertz CT molecular complexity index is 978. The molecule has 154 valence electrons. The minimum atomic E-state index is 0.103. The highest BCUT2D eigenvalue weighted by molar-refractivity contribution is 7.99. The van der Waals surface area contributed by atoms with Gasteiger partial charge in [0.1, 0.15) is 0 Å². The molecule has 7 heteroatoms. The largest absolute Gasteiger partial charge is 0.383 e. The number of aryl methyl sites for hydroxylation is 1. The number of hydrogen-bond donors (Lipinski definition) is 0. The zero-order chi connectivity index (χ0) is 21.0. The zero-order valence-corrected chi connectivity index (χ0v) is 18.5. The summed E-state index contributed by atoms with van der Waals surface area (Å²) in [6, 6.07) is 12.2. The van der Waals surface area contributed by atoms with Crippen LogP contribution in [0.4, 0.5) is 0 Å². The quantitative estimate of drug-likeness (QED) is 0.381. The molecule has 0 bridgehead atoms. The number of aromatic nitrogens is 4. The second kappa shape index (κ2) is 9.41. The number of ether oxygens (including phenoxy) is 1. The van der Waals surface area contributed by atoms with Crippen LogP contribution in [0.5, 0.6) is 0 Å². The molecule has 0 saturated carbocycles. The second-order valence-corrected chi connectivity index (χ2v) is 8.03. The third-order valence-corrected chi connectivity index (χ3v) is 6.00. The standard InChI is InChI=1S/C22H28N4O2S/c1-6-25-21(18-10-8-7-9-11-18)23-24-22(25)29-14-20(27)19-12-15(2)26(17(19)4)16(3)13-28-5/h7-12,16H,6,13-14H2,1-5H3/t16-/m1/s1. The summed E-state index contributed by atoms with van der Waals surface area (Å²) in [7, 11) is 1.70. The monoisotopic (exact) mass is 412 g/mol. The average molecular weight is 413 g/mol. The first kappa shape index (κ1) is 21.3. The SMILES string of the molecule is CCn1c(SCC(=O)c2cc(C)n([C@H](C)COC)c2C)nnc1-c1ccccc1. The fraction of sp³-hybridized carbons (Fsp3) is 0.409. The Morgan fingerprint density at radius 2 is 1.93 bits per heavy atom. The normalized spacial score (nSPS) is 12.3. The van der Waals surface area contributed by atoms with Crippen LogP contribution in [0.15, 0.2) is 41.6 Å². The number of benzene rings is 1. The van der Waals surface area contributed by atoms with Crippen molar-refractivity contribution in [3.05, 3.63) is 53.3 Å². The molecule has 1 atom stereocenters. The van der Waals surface area contributed by atoms with Crippen molar-refractivity contribution in [3.8, 4) is 11.4 Å². The number of thioether (sulfide) groups is 1. The molecule has 0 aliphatic carbocycles. The maximum absolute atomic E-state index is 12.9. The molecule has 3 rings (SSSR count). The predicted octanol–water partition coefficient (Wildman–Crippen LogP) is 4.57. The van der Waals surface area contributed by atoms with Gasteiger partial charge in [-0.3, -0.25) is 4.79 Å². The first-order valence-electron chi connectivity index (χ1n) is 9.79. The van der Waals surface area contributed by atoms with Crippen LogP contribution in [0.1, 0.15) is 41.6 Å². The van der Waals surface area contributed by atoms with E-state index in [1.54, 1.807) is 7.11 Å². The van der Waals surface area contributed by atoms with Gasteiger partial charge in [-0.2, -0.15) is 0 Å². The first-order valence-corrected chi connectivity index (χ1v) is 10.8. The van der Waals surface area contributed by atoms with E-state index in [1.165, 1.54) is 11.8 Å². The third-order valence-electron chi connectivity index (χ3n) is 5.03. The average Bonchev–Trinajstić information content (AvgIpc) is 3.27. The summed E-state index contributed by atoms with van der Waals surface area (Å²) >= 11 is 1.44. The summed E-state index contributed by atoms with van der Waals surface area (Å²) in [5.74, 6) is 1.26. The van der Waals surface area contributed by atoms with Gasteiger partial charge in [-0.05, 0) is 33.8 Å². The minimum absolute atomic E-state index is 0.103. The Balaban J connectivity index is 1.77. The van der Waals surface area contributed by atoms with Gasteiger partial charge in [-0.15, -0.1) is 10.2 Å². The van der Waals surface area contributed by atoms with Crippen LogP contribution in [0, 0.1) is 13.8 Å². The highest BCUT2D eigenvalue weighted by atomic mass is 32.2. The number of rotatable bonds is 9. The van der Waals surface area contributed by atoms with Crippen LogP contribution >= 0.6 is 11.8 Å². The van der Waals surface area contributed by atoms with Crippen LogP contribution in [-0.4, -0.2) is 44.6 Å². The van der Waals surface area contributed by atoms with Crippen molar-refractivity contribution in [1.82, 2.24) is 19.3 Å². The van der Waals surface area contributed by atoms with E-state index in [9.17, 15) is 4.79 Å². The first-order chi connectivity index (χ1) is 14.0. The third kappa shape index (κ3) is 4.46. The van der Waals surface area contributed by atoms with Crippen molar-refractivity contribution in [1.29, 1.82) is 0 Å². The van der Waals surface area contributed by atoms with Gasteiger partial charge in [0.15, 0.2) is 16.8 Å². The molecule has 0 radical (unpaired) electrons. The summed E-state index contributed by atoms with van der Waals surface area (Å²) in [5.41, 5.74) is 3.85. The number of ketones is 1. The Morgan fingerprint density at radius 3 is 2.59 bits per heavy atom. The molecule has 0 unspecified atom stereocenters. The molecule has 3 aromatic rings. The lowest BCUT2D eigenvalue weighted by Crippen LogP contribution is -2.14. The van der Waals surface area contributed by atoms with E-state index in [0.29, 0.717) is 12.4 Å². The Labute approximate surface area is 176 Å². The van der Waals surface area contributed by atoms with E-state index in [0.717, 1.165) is 40.0 Å². The molecule has 0 N–H and O–H groups in total. The fourth-order valence-corrected chi connectivity index (χ4v) is 4.63. The molecule has 0 aliphatic heterocycles. The number of carbonyl (C=O) groups is 1. The van der Waals surface area contributed by atoms with E-state index in [1.807, 2.05) is 50.2 Å². The van der Waals surface area contributed by atoms with E-state index >= 15 is 0 Å². The van der Waals surface area contributed by atoms with E-state index in [-0.39, 0.29) is 11.8 Å². The van der Waals surface area contributed by atoms with Crippen LogP contribution in [-0.2, 0) is 11.3 Å². The number of nitrogens with zero attached hydrogens (tertiary/aromatic N) is 4. The van der Waals surface area contributed by atoms with Crippen LogP contribution in [0.2, 0.25) is 0 Å².